The Labute approximate surface area is 149 Å². The highest BCUT2D eigenvalue weighted by Crippen LogP contribution is 2.24. The van der Waals surface area contributed by atoms with Crippen LogP contribution in [0.3, 0.4) is 0 Å². The van der Waals surface area contributed by atoms with Crippen LogP contribution in [-0.4, -0.2) is 12.0 Å². The van der Waals surface area contributed by atoms with Gasteiger partial charge in [-0.05, 0) is 54.7 Å². The molecule has 2 rings (SSSR count). The number of aryl methyl sites for hydroxylation is 2. The Bertz CT molecular complexity index is 660. The quantitative estimate of drug-likeness (QED) is 0.743. The number of halogens is 1. The Morgan fingerprint density at radius 3 is 2.12 bits per heavy atom. The van der Waals surface area contributed by atoms with Gasteiger partial charge in [-0.15, -0.1) is 0 Å². The summed E-state index contributed by atoms with van der Waals surface area (Å²) in [5, 5.41) is 3.72. The number of anilines is 1. The molecule has 0 saturated heterocycles. The molecule has 1 N–H and O–H groups in total. The molecular formula is C20H24ClNO2. The van der Waals surface area contributed by atoms with Gasteiger partial charge in [-0.1, -0.05) is 50.6 Å². The van der Waals surface area contributed by atoms with Gasteiger partial charge in [0, 0.05) is 10.7 Å². The molecular weight excluding hydrogens is 322 g/mol. The van der Waals surface area contributed by atoms with Crippen LogP contribution in [0.15, 0.2) is 42.5 Å². The normalized spacial score (nSPS) is 11.8. The first kappa shape index (κ1) is 18.3. The van der Waals surface area contributed by atoms with Crippen LogP contribution in [0.2, 0.25) is 5.02 Å². The van der Waals surface area contributed by atoms with Gasteiger partial charge in [-0.3, -0.25) is 4.79 Å². The molecule has 0 fully saturated rings. The second-order valence-corrected chi connectivity index (χ2v) is 6.05. The molecule has 2 aromatic rings. The smallest absolute Gasteiger partial charge is 0.265 e. The molecule has 0 saturated carbocycles. The maximum absolute atomic E-state index is 12.7. The lowest BCUT2D eigenvalue weighted by Gasteiger charge is -2.20. The van der Waals surface area contributed by atoms with E-state index in [4.69, 9.17) is 16.3 Å². The zero-order valence-electron chi connectivity index (χ0n) is 14.4. The van der Waals surface area contributed by atoms with Crippen LogP contribution < -0.4 is 10.1 Å². The highest BCUT2D eigenvalue weighted by Gasteiger charge is 2.20. The average molecular weight is 346 g/mol. The Balaban J connectivity index is 2.16. The van der Waals surface area contributed by atoms with E-state index in [1.807, 2.05) is 13.0 Å². The summed E-state index contributed by atoms with van der Waals surface area (Å²) in [7, 11) is 0. The Morgan fingerprint density at radius 2 is 1.62 bits per heavy atom. The molecule has 128 valence electrons. The van der Waals surface area contributed by atoms with Crippen LogP contribution in [0.25, 0.3) is 0 Å². The van der Waals surface area contributed by atoms with E-state index in [1.165, 1.54) is 0 Å². The molecule has 1 atom stereocenters. The van der Waals surface area contributed by atoms with E-state index in [9.17, 15) is 4.79 Å². The summed E-state index contributed by atoms with van der Waals surface area (Å²) in [5.41, 5.74) is 3.21. The number of ether oxygens (including phenoxy) is 1. The van der Waals surface area contributed by atoms with Crippen molar-refractivity contribution in [3.8, 4) is 5.75 Å². The fourth-order valence-corrected chi connectivity index (χ4v) is 2.73. The van der Waals surface area contributed by atoms with Crippen molar-refractivity contribution in [2.24, 2.45) is 0 Å². The van der Waals surface area contributed by atoms with Gasteiger partial charge in [0.1, 0.15) is 5.75 Å². The first-order valence-corrected chi connectivity index (χ1v) is 8.80. The van der Waals surface area contributed by atoms with Gasteiger partial charge >= 0.3 is 0 Å². The van der Waals surface area contributed by atoms with Gasteiger partial charge in [0.2, 0.25) is 0 Å². The van der Waals surface area contributed by atoms with E-state index in [0.29, 0.717) is 17.2 Å². The molecule has 0 aromatic heterocycles. The van der Waals surface area contributed by atoms with Gasteiger partial charge in [-0.25, -0.2) is 0 Å². The van der Waals surface area contributed by atoms with E-state index in [2.05, 4.69) is 31.3 Å². The maximum atomic E-state index is 12.7. The van der Waals surface area contributed by atoms with Crippen molar-refractivity contribution < 1.29 is 9.53 Å². The average Bonchev–Trinajstić information content (AvgIpc) is 2.61. The number of hydrogen-bond acceptors (Lipinski definition) is 2. The lowest BCUT2D eigenvalue weighted by Crippen LogP contribution is -2.33. The third-order valence-electron chi connectivity index (χ3n) is 4.00. The molecule has 0 radical (unpaired) electrons. The van der Waals surface area contributed by atoms with Gasteiger partial charge in [-0.2, -0.15) is 0 Å². The van der Waals surface area contributed by atoms with Crippen molar-refractivity contribution in [1.29, 1.82) is 0 Å². The first-order valence-electron chi connectivity index (χ1n) is 8.42. The minimum atomic E-state index is -0.541. The third kappa shape index (κ3) is 4.51. The van der Waals surface area contributed by atoms with Crippen LogP contribution in [0.4, 0.5) is 5.69 Å². The van der Waals surface area contributed by atoms with E-state index < -0.39 is 6.10 Å². The summed E-state index contributed by atoms with van der Waals surface area (Å²) in [6, 6.07) is 13.2. The van der Waals surface area contributed by atoms with E-state index >= 15 is 0 Å². The SMILES string of the molecule is CCc1cccc(CC)c1NC(=O)[C@H](CC)Oc1ccc(Cl)cc1. The first-order chi connectivity index (χ1) is 11.6. The molecule has 1 amide bonds. The van der Waals surface area contributed by atoms with Crippen LogP contribution in [0, 0.1) is 0 Å². The van der Waals surface area contributed by atoms with Crippen molar-refractivity contribution in [3.63, 3.8) is 0 Å². The van der Waals surface area contributed by atoms with Gasteiger partial charge in [0.15, 0.2) is 6.10 Å². The maximum Gasteiger partial charge on any atom is 0.265 e. The molecule has 24 heavy (non-hydrogen) atoms. The molecule has 0 bridgehead atoms. The van der Waals surface area contributed by atoms with Gasteiger partial charge < -0.3 is 10.1 Å². The number of benzene rings is 2. The highest BCUT2D eigenvalue weighted by atomic mass is 35.5. The summed E-state index contributed by atoms with van der Waals surface area (Å²) in [6.45, 7) is 6.12. The largest absolute Gasteiger partial charge is 0.481 e. The van der Waals surface area contributed by atoms with E-state index in [0.717, 1.165) is 29.7 Å². The van der Waals surface area contributed by atoms with Crippen LogP contribution in [0.1, 0.15) is 38.3 Å². The zero-order chi connectivity index (χ0) is 17.5. The van der Waals surface area contributed by atoms with Crippen molar-refractivity contribution >= 4 is 23.2 Å². The number of nitrogens with one attached hydrogen (secondary N) is 1. The second kappa shape index (κ2) is 8.74. The predicted molar refractivity (Wildman–Crippen MR) is 100.0 cm³/mol. The summed E-state index contributed by atoms with van der Waals surface area (Å²) in [4.78, 5) is 12.7. The predicted octanol–water partition coefficient (Wildman–Crippen LogP) is 5.26. The van der Waals surface area contributed by atoms with E-state index in [1.54, 1.807) is 24.3 Å². The minimum Gasteiger partial charge on any atom is -0.481 e. The zero-order valence-corrected chi connectivity index (χ0v) is 15.2. The fourth-order valence-electron chi connectivity index (χ4n) is 2.61. The lowest BCUT2D eigenvalue weighted by atomic mass is 10.0. The number of amides is 1. The molecule has 3 nitrogen and oxygen atoms in total. The summed E-state index contributed by atoms with van der Waals surface area (Å²) in [6.07, 6.45) is 1.79. The van der Waals surface area contributed by atoms with Crippen LogP contribution >= 0.6 is 11.6 Å². The number of hydrogen-bond donors (Lipinski definition) is 1. The van der Waals surface area contributed by atoms with Gasteiger partial charge in [0.25, 0.3) is 5.91 Å². The highest BCUT2D eigenvalue weighted by molar-refractivity contribution is 6.30. The Morgan fingerprint density at radius 1 is 1.04 bits per heavy atom. The number of para-hydroxylation sites is 1. The van der Waals surface area contributed by atoms with Crippen molar-refractivity contribution in [1.82, 2.24) is 0 Å². The standard InChI is InChI=1S/C20H24ClNO2/c1-4-14-8-7-9-15(5-2)19(14)22-20(23)18(6-3)24-17-12-10-16(21)11-13-17/h7-13,18H,4-6H2,1-3H3,(H,22,23)/t18-/m0/s1. The molecule has 2 aromatic carbocycles. The van der Waals surface area contributed by atoms with Crippen LogP contribution in [0.5, 0.6) is 5.75 Å². The molecule has 4 heteroatoms. The van der Waals surface area contributed by atoms with Crippen molar-refractivity contribution in [2.75, 3.05) is 5.32 Å². The fraction of sp³-hybridized carbons (Fsp3) is 0.350. The summed E-state index contributed by atoms with van der Waals surface area (Å²) in [5.74, 6) is 0.518. The third-order valence-corrected chi connectivity index (χ3v) is 4.25. The summed E-state index contributed by atoms with van der Waals surface area (Å²) < 4.78 is 5.83. The molecule has 0 aliphatic rings. The number of carbonyl (C=O) groups is 1. The number of carbonyl (C=O) groups excluding carboxylic acids is 1. The number of rotatable bonds is 7. The monoisotopic (exact) mass is 345 g/mol. The lowest BCUT2D eigenvalue weighted by molar-refractivity contribution is -0.122. The van der Waals surface area contributed by atoms with E-state index in [-0.39, 0.29) is 5.91 Å². The van der Waals surface area contributed by atoms with Crippen molar-refractivity contribution in [2.45, 2.75) is 46.1 Å². The second-order valence-electron chi connectivity index (χ2n) is 5.62. The summed E-state index contributed by atoms with van der Waals surface area (Å²) >= 11 is 5.88. The molecule has 0 spiro atoms. The molecule has 0 unspecified atom stereocenters. The minimum absolute atomic E-state index is 0.122. The van der Waals surface area contributed by atoms with Gasteiger partial charge in [0.05, 0.1) is 0 Å². The molecule has 0 aliphatic heterocycles. The Hall–Kier alpha value is -2.00. The van der Waals surface area contributed by atoms with Crippen molar-refractivity contribution in [3.05, 3.63) is 58.6 Å². The Kier molecular flexibility index (Phi) is 6.68. The molecule has 0 heterocycles. The molecule has 0 aliphatic carbocycles. The topological polar surface area (TPSA) is 38.3 Å². The van der Waals surface area contributed by atoms with Crippen LogP contribution in [-0.2, 0) is 17.6 Å².